The lowest BCUT2D eigenvalue weighted by Gasteiger charge is -2.09. The molecule has 0 fully saturated rings. The zero-order chi connectivity index (χ0) is 16.7. The molecule has 0 radical (unpaired) electrons. The molecule has 0 aliphatic heterocycles. The van der Waals surface area contributed by atoms with Crippen molar-refractivity contribution in [1.29, 1.82) is 0 Å². The van der Waals surface area contributed by atoms with E-state index in [4.69, 9.17) is 9.47 Å². The molecule has 0 aliphatic carbocycles. The molecule has 2 aromatic rings. The lowest BCUT2D eigenvalue weighted by atomic mass is 10.3. The molecule has 0 saturated heterocycles. The molecule has 1 aromatic heterocycles. The maximum atomic E-state index is 12.1. The summed E-state index contributed by atoms with van der Waals surface area (Å²) in [7, 11) is -0.533. The van der Waals surface area contributed by atoms with Crippen molar-refractivity contribution in [3.05, 3.63) is 36.5 Å². The van der Waals surface area contributed by atoms with Gasteiger partial charge in [-0.2, -0.15) is 4.98 Å². The predicted molar refractivity (Wildman–Crippen MR) is 85.3 cm³/mol. The maximum absolute atomic E-state index is 12.1. The van der Waals surface area contributed by atoms with Crippen molar-refractivity contribution in [1.82, 2.24) is 14.7 Å². The Bertz CT molecular complexity index is 735. The second-order valence-corrected chi connectivity index (χ2v) is 6.19. The van der Waals surface area contributed by atoms with Gasteiger partial charge < -0.3 is 14.8 Å². The van der Waals surface area contributed by atoms with Crippen molar-refractivity contribution in [3.63, 3.8) is 0 Å². The van der Waals surface area contributed by atoms with E-state index in [9.17, 15) is 8.42 Å². The van der Waals surface area contributed by atoms with Crippen LogP contribution in [-0.4, -0.2) is 45.7 Å². The van der Waals surface area contributed by atoms with Crippen LogP contribution in [0.15, 0.2) is 41.4 Å². The monoisotopic (exact) mass is 338 g/mol. The van der Waals surface area contributed by atoms with E-state index in [1.165, 1.54) is 26.4 Å². The van der Waals surface area contributed by atoms with E-state index in [2.05, 4.69) is 20.0 Å². The summed E-state index contributed by atoms with van der Waals surface area (Å²) in [6, 6.07) is 7.78. The van der Waals surface area contributed by atoms with Crippen LogP contribution in [0.4, 0.5) is 5.95 Å². The molecule has 0 aliphatic rings. The average molecular weight is 338 g/mol. The van der Waals surface area contributed by atoms with Crippen molar-refractivity contribution in [2.45, 2.75) is 4.90 Å². The molecule has 1 heterocycles. The van der Waals surface area contributed by atoms with Crippen LogP contribution in [0.2, 0.25) is 0 Å². The van der Waals surface area contributed by atoms with Crippen LogP contribution >= 0.6 is 0 Å². The summed E-state index contributed by atoms with van der Waals surface area (Å²) in [6.45, 7) is 0.525. The fourth-order valence-corrected chi connectivity index (χ4v) is 2.77. The summed E-state index contributed by atoms with van der Waals surface area (Å²) in [5, 5.41) is 2.91. The molecule has 1 aromatic carbocycles. The first-order valence-corrected chi connectivity index (χ1v) is 8.28. The highest BCUT2D eigenvalue weighted by Crippen LogP contribution is 2.15. The summed E-state index contributed by atoms with van der Waals surface area (Å²) in [5.41, 5.74) is 0. The fourth-order valence-electron chi connectivity index (χ4n) is 1.74. The van der Waals surface area contributed by atoms with E-state index in [1.54, 1.807) is 24.4 Å². The molecule has 8 nitrogen and oxygen atoms in total. The zero-order valence-electron chi connectivity index (χ0n) is 12.8. The second-order valence-electron chi connectivity index (χ2n) is 4.42. The maximum Gasteiger partial charge on any atom is 0.240 e. The Balaban J connectivity index is 1.86. The molecule has 0 saturated carbocycles. The van der Waals surface area contributed by atoms with E-state index >= 15 is 0 Å². The second kappa shape index (κ2) is 7.75. The van der Waals surface area contributed by atoms with Crippen molar-refractivity contribution >= 4 is 16.0 Å². The smallest absolute Gasteiger partial charge is 0.240 e. The minimum Gasteiger partial charge on any atom is -0.497 e. The number of sulfonamides is 1. The molecular formula is C14H18N4O4S. The first-order chi connectivity index (χ1) is 11.0. The number of aromatic nitrogens is 2. The Morgan fingerprint density at radius 3 is 2.43 bits per heavy atom. The van der Waals surface area contributed by atoms with Crippen LogP contribution in [-0.2, 0) is 10.0 Å². The Morgan fingerprint density at radius 2 is 1.78 bits per heavy atom. The van der Waals surface area contributed by atoms with Crippen LogP contribution in [0.3, 0.4) is 0 Å². The van der Waals surface area contributed by atoms with Crippen LogP contribution in [0.25, 0.3) is 0 Å². The van der Waals surface area contributed by atoms with Gasteiger partial charge in [0.25, 0.3) is 0 Å². The molecule has 124 valence electrons. The number of benzene rings is 1. The number of ether oxygens (including phenoxy) is 2. The summed E-state index contributed by atoms with van der Waals surface area (Å²) >= 11 is 0. The Morgan fingerprint density at radius 1 is 1.04 bits per heavy atom. The fraction of sp³-hybridized carbons (Fsp3) is 0.286. The van der Waals surface area contributed by atoms with Crippen molar-refractivity contribution in [3.8, 4) is 11.6 Å². The van der Waals surface area contributed by atoms with Gasteiger partial charge in [0.2, 0.25) is 21.9 Å². The van der Waals surface area contributed by atoms with E-state index in [0.29, 0.717) is 24.1 Å². The molecule has 9 heteroatoms. The van der Waals surface area contributed by atoms with Gasteiger partial charge in [0.1, 0.15) is 5.75 Å². The molecule has 0 amide bonds. The lowest BCUT2D eigenvalue weighted by molar-refractivity contribution is 0.397. The Kier molecular flexibility index (Phi) is 5.72. The quantitative estimate of drug-likeness (QED) is 0.689. The van der Waals surface area contributed by atoms with E-state index in [-0.39, 0.29) is 11.4 Å². The predicted octanol–water partition coefficient (Wildman–Crippen LogP) is 0.884. The van der Waals surface area contributed by atoms with Gasteiger partial charge in [0, 0.05) is 25.4 Å². The topological polar surface area (TPSA) is 102 Å². The van der Waals surface area contributed by atoms with Gasteiger partial charge in [-0.1, -0.05) is 0 Å². The van der Waals surface area contributed by atoms with Crippen molar-refractivity contribution in [2.24, 2.45) is 0 Å². The van der Waals surface area contributed by atoms with Gasteiger partial charge in [0.15, 0.2) is 0 Å². The highest BCUT2D eigenvalue weighted by Gasteiger charge is 2.13. The standard InChI is InChI=1S/C14H18N4O4S/c1-21-11-3-5-12(6-4-11)23(19,20)17-10-9-16-14-15-8-7-13(18-14)22-2/h3-8,17H,9-10H2,1-2H3,(H,15,16,18). The lowest BCUT2D eigenvalue weighted by Crippen LogP contribution is -2.29. The molecule has 0 spiro atoms. The molecule has 0 unspecified atom stereocenters. The molecule has 2 N–H and O–H groups in total. The van der Waals surface area contributed by atoms with Crippen LogP contribution in [0, 0.1) is 0 Å². The molecule has 2 rings (SSSR count). The number of nitrogens with zero attached hydrogens (tertiary/aromatic N) is 2. The highest BCUT2D eigenvalue weighted by atomic mass is 32.2. The number of anilines is 1. The number of rotatable bonds is 8. The minimum atomic E-state index is -3.56. The van der Waals surface area contributed by atoms with Crippen LogP contribution < -0.4 is 19.5 Å². The first kappa shape index (κ1) is 17.0. The van der Waals surface area contributed by atoms with Gasteiger partial charge in [-0.05, 0) is 24.3 Å². The average Bonchev–Trinajstić information content (AvgIpc) is 2.59. The van der Waals surface area contributed by atoms with Crippen LogP contribution in [0.1, 0.15) is 0 Å². The molecule has 23 heavy (non-hydrogen) atoms. The SMILES string of the molecule is COc1ccc(S(=O)(=O)NCCNc2nccc(OC)n2)cc1. The first-order valence-electron chi connectivity index (χ1n) is 6.80. The van der Waals surface area contributed by atoms with Gasteiger partial charge in [0.05, 0.1) is 19.1 Å². The van der Waals surface area contributed by atoms with E-state index < -0.39 is 10.0 Å². The molecule has 0 atom stereocenters. The summed E-state index contributed by atoms with van der Waals surface area (Å²) in [6.07, 6.45) is 1.55. The van der Waals surface area contributed by atoms with E-state index in [0.717, 1.165) is 0 Å². The third-order valence-corrected chi connectivity index (χ3v) is 4.39. The van der Waals surface area contributed by atoms with Gasteiger partial charge in [-0.3, -0.25) is 0 Å². The molecular weight excluding hydrogens is 320 g/mol. The normalized spacial score (nSPS) is 11.0. The van der Waals surface area contributed by atoms with Gasteiger partial charge in [-0.15, -0.1) is 0 Å². The van der Waals surface area contributed by atoms with Gasteiger partial charge >= 0.3 is 0 Å². The largest absolute Gasteiger partial charge is 0.497 e. The summed E-state index contributed by atoms with van der Waals surface area (Å²) < 4.78 is 36.7. The van der Waals surface area contributed by atoms with Gasteiger partial charge in [-0.25, -0.2) is 18.1 Å². The highest BCUT2D eigenvalue weighted by molar-refractivity contribution is 7.89. The Hall–Kier alpha value is -2.39. The number of hydrogen-bond acceptors (Lipinski definition) is 7. The van der Waals surface area contributed by atoms with Crippen LogP contribution in [0.5, 0.6) is 11.6 Å². The van der Waals surface area contributed by atoms with Crippen molar-refractivity contribution < 1.29 is 17.9 Å². The number of hydrogen-bond donors (Lipinski definition) is 2. The third kappa shape index (κ3) is 4.80. The zero-order valence-corrected chi connectivity index (χ0v) is 13.6. The van der Waals surface area contributed by atoms with Crippen molar-refractivity contribution in [2.75, 3.05) is 32.6 Å². The third-order valence-electron chi connectivity index (χ3n) is 2.91. The minimum absolute atomic E-state index is 0.177. The summed E-state index contributed by atoms with van der Waals surface area (Å²) in [5.74, 6) is 1.40. The number of methoxy groups -OCH3 is 2. The summed E-state index contributed by atoms with van der Waals surface area (Å²) in [4.78, 5) is 8.25. The van der Waals surface area contributed by atoms with E-state index in [1.807, 2.05) is 0 Å². The molecule has 0 bridgehead atoms. The Labute approximate surface area is 134 Å². The number of nitrogens with one attached hydrogen (secondary N) is 2.